The van der Waals surface area contributed by atoms with Gasteiger partial charge in [-0.05, 0) is 31.6 Å². The van der Waals surface area contributed by atoms with Crippen LogP contribution in [-0.2, 0) is 14.3 Å². The van der Waals surface area contributed by atoms with E-state index in [1.54, 1.807) is 7.11 Å². The molecule has 0 fully saturated rings. The van der Waals surface area contributed by atoms with Crippen molar-refractivity contribution in [1.29, 1.82) is 0 Å². The fraction of sp³-hybridized carbons (Fsp3) is 0.867. The van der Waals surface area contributed by atoms with E-state index in [1.807, 2.05) is 0 Å². The second kappa shape index (κ2) is 12.6. The standard InChI is InChI=1S/C15H30N2O4/c1-3-5-12(7-8-14(18)19)9-10-17-15(20)13(16)6-4-11-21-2/h12-13H,3-11,16H2,1-2H3,(H,17,20)(H,18,19). The Hall–Kier alpha value is -1.14. The molecule has 2 atom stereocenters. The summed E-state index contributed by atoms with van der Waals surface area (Å²) in [5, 5.41) is 11.6. The van der Waals surface area contributed by atoms with Gasteiger partial charge in [0, 0.05) is 26.7 Å². The first-order valence-electron chi connectivity index (χ1n) is 7.75. The maximum absolute atomic E-state index is 11.8. The highest BCUT2D eigenvalue weighted by atomic mass is 16.5. The van der Waals surface area contributed by atoms with Gasteiger partial charge in [-0.3, -0.25) is 9.59 Å². The molecule has 0 aliphatic carbocycles. The highest BCUT2D eigenvalue weighted by Crippen LogP contribution is 2.17. The highest BCUT2D eigenvalue weighted by Gasteiger charge is 2.14. The molecular formula is C15H30N2O4. The molecule has 1 amide bonds. The summed E-state index contributed by atoms with van der Waals surface area (Å²) in [6.07, 6.45) is 5.04. The van der Waals surface area contributed by atoms with E-state index >= 15 is 0 Å². The topological polar surface area (TPSA) is 102 Å². The van der Waals surface area contributed by atoms with Gasteiger partial charge in [0.15, 0.2) is 0 Å². The summed E-state index contributed by atoms with van der Waals surface area (Å²) in [6, 6.07) is -0.496. The molecule has 4 N–H and O–H groups in total. The lowest BCUT2D eigenvalue weighted by Gasteiger charge is -2.17. The van der Waals surface area contributed by atoms with Crippen LogP contribution in [0, 0.1) is 5.92 Å². The Balaban J connectivity index is 3.89. The van der Waals surface area contributed by atoms with Crippen molar-refractivity contribution >= 4 is 11.9 Å². The molecule has 0 saturated carbocycles. The number of carboxylic acids is 1. The number of nitrogens with two attached hydrogens (primary N) is 1. The van der Waals surface area contributed by atoms with Crippen LogP contribution in [0.4, 0.5) is 0 Å². The van der Waals surface area contributed by atoms with E-state index in [2.05, 4.69) is 12.2 Å². The largest absolute Gasteiger partial charge is 0.481 e. The lowest BCUT2D eigenvalue weighted by Crippen LogP contribution is -2.41. The summed E-state index contributed by atoms with van der Waals surface area (Å²) in [5.74, 6) is -0.559. The minimum Gasteiger partial charge on any atom is -0.481 e. The number of ether oxygens (including phenoxy) is 1. The normalized spacial score (nSPS) is 13.7. The Bertz CT molecular complexity index is 297. The van der Waals surface area contributed by atoms with Crippen LogP contribution >= 0.6 is 0 Å². The van der Waals surface area contributed by atoms with Crippen molar-refractivity contribution in [3.8, 4) is 0 Å². The van der Waals surface area contributed by atoms with E-state index in [-0.39, 0.29) is 12.3 Å². The van der Waals surface area contributed by atoms with Gasteiger partial charge in [0.05, 0.1) is 6.04 Å². The third kappa shape index (κ3) is 11.2. The van der Waals surface area contributed by atoms with Gasteiger partial charge in [-0.15, -0.1) is 0 Å². The molecule has 0 aromatic heterocycles. The van der Waals surface area contributed by atoms with Gasteiger partial charge in [-0.1, -0.05) is 19.8 Å². The third-order valence-electron chi connectivity index (χ3n) is 3.52. The maximum atomic E-state index is 11.8. The number of rotatable bonds is 13. The lowest BCUT2D eigenvalue weighted by molar-refractivity contribution is -0.137. The van der Waals surface area contributed by atoms with Crippen LogP contribution in [-0.4, -0.2) is 43.3 Å². The second-order valence-electron chi connectivity index (χ2n) is 5.41. The Kier molecular flexibility index (Phi) is 11.9. The molecule has 0 bridgehead atoms. The number of nitrogens with one attached hydrogen (secondary N) is 1. The molecule has 6 nitrogen and oxygen atoms in total. The van der Waals surface area contributed by atoms with Crippen molar-refractivity contribution in [3.63, 3.8) is 0 Å². The molecular weight excluding hydrogens is 272 g/mol. The third-order valence-corrected chi connectivity index (χ3v) is 3.52. The molecule has 0 saturated heterocycles. The minimum absolute atomic E-state index is 0.139. The lowest BCUT2D eigenvalue weighted by atomic mass is 9.94. The fourth-order valence-electron chi connectivity index (χ4n) is 2.28. The summed E-state index contributed by atoms with van der Waals surface area (Å²) in [4.78, 5) is 22.4. The number of aliphatic carboxylic acids is 1. The van der Waals surface area contributed by atoms with Gasteiger partial charge in [0.2, 0.25) is 5.91 Å². The molecule has 6 heteroatoms. The Labute approximate surface area is 127 Å². The number of hydrogen-bond acceptors (Lipinski definition) is 4. The fourth-order valence-corrected chi connectivity index (χ4v) is 2.28. The Morgan fingerprint density at radius 2 is 1.95 bits per heavy atom. The van der Waals surface area contributed by atoms with E-state index in [9.17, 15) is 9.59 Å². The van der Waals surface area contributed by atoms with Crippen LogP contribution in [0.15, 0.2) is 0 Å². The number of amides is 1. The van der Waals surface area contributed by atoms with E-state index in [0.717, 1.165) is 25.7 Å². The zero-order valence-electron chi connectivity index (χ0n) is 13.3. The van der Waals surface area contributed by atoms with Crippen molar-refractivity contribution in [2.24, 2.45) is 11.7 Å². The Morgan fingerprint density at radius 1 is 1.24 bits per heavy atom. The van der Waals surface area contributed by atoms with Crippen molar-refractivity contribution < 1.29 is 19.4 Å². The monoisotopic (exact) mass is 302 g/mol. The summed E-state index contributed by atoms with van der Waals surface area (Å²) >= 11 is 0. The smallest absolute Gasteiger partial charge is 0.303 e. The first-order valence-corrected chi connectivity index (χ1v) is 7.75. The van der Waals surface area contributed by atoms with Crippen molar-refractivity contribution in [2.45, 2.75) is 57.9 Å². The molecule has 124 valence electrons. The first-order chi connectivity index (χ1) is 10.0. The summed E-state index contributed by atoms with van der Waals surface area (Å²) in [5.41, 5.74) is 5.79. The van der Waals surface area contributed by atoms with Gasteiger partial charge >= 0.3 is 5.97 Å². The number of carboxylic acid groups (broad SMARTS) is 1. The molecule has 0 radical (unpaired) electrons. The quantitative estimate of drug-likeness (QED) is 0.448. The van der Waals surface area contributed by atoms with E-state index < -0.39 is 12.0 Å². The molecule has 0 aromatic rings. The predicted octanol–water partition coefficient (Wildman–Crippen LogP) is 1.53. The van der Waals surface area contributed by atoms with E-state index in [0.29, 0.717) is 31.9 Å². The van der Waals surface area contributed by atoms with Crippen LogP contribution in [0.25, 0.3) is 0 Å². The van der Waals surface area contributed by atoms with E-state index in [4.69, 9.17) is 15.6 Å². The van der Waals surface area contributed by atoms with E-state index in [1.165, 1.54) is 0 Å². The van der Waals surface area contributed by atoms with Crippen molar-refractivity contribution in [1.82, 2.24) is 5.32 Å². The number of hydrogen-bond donors (Lipinski definition) is 3. The van der Waals surface area contributed by atoms with Crippen LogP contribution < -0.4 is 11.1 Å². The number of methoxy groups -OCH3 is 1. The van der Waals surface area contributed by atoms with Gasteiger partial charge in [0.25, 0.3) is 0 Å². The second-order valence-corrected chi connectivity index (χ2v) is 5.41. The van der Waals surface area contributed by atoms with Crippen LogP contribution in [0.3, 0.4) is 0 Å². The maximum Gasteiger partial charge on any atom is 0.303 e. The van der Waals surface area contributed by atoms with Crippen LogP contribution in [0.2, 0.25) is 0 Å². The summed E-state index contributed by atoms with van der Waals surface area (Å²) in [6.45, 7) is 3.24. The minimum atomic E-state index is -0.764. The molecule has 0 heterocycles. The highest BCUT2D eigenvalue weighted by molar-refractivity contribution is 5.81. The SMILES string of the molecule is CCCC(CCNC(=O)C(N)CCCOC)CCC(=O)O. The van der Waals surface area contributed by atoms with Crippen molar-refractivity contribution in [2.75, 3.05) is 20.3 Å². The molecule has 2 unspecified atom stereocenters. The average molecular weight is 302 g/mol. The van der Waals surface area contributed by atoms with Crippen LogP contribution in [0.1, 0.15) is 51.9 Å². The average Bonchev–Trinajstić information content (AvgIpc) is 2.44. The van der Waals surface area contributed by atoms with Gasteiger partial charge in [-0.25, -0.2) is 0 Å². The molecule has 0 aliphatic heterocycles. The summed E-state index contributed by atoms with van der Waals surface area (Å²) in [7, 11) is 1.62. The van der Waals surface area contributed by atoms with Gasteiger partial charge in [0.1, 0.15) is 0 Å². The zero-order valence-corrected chi connectivity index (χ0v) is 13.3. The summed E-state index contributed by atoms with van der Waals surface area (Å²) < 4.78 is 4.92. The predicted molar refractivity (Wildman–Crippen MR) is 82.0 cm³/mol. The molecule has 21 heavy (non-hydrogen) atoms. The van der Waals surface area contributed by atoms with Crippen molar-refractivity contribution in [3.05, 3.63) is 0 Å². The molecule has 0 aromatic carbocycles. The number of carbonyl (C=O) groups excluding carboxylic acids is 1. The molecule has 0 aliphatic rings. The first kappa shape index (κ1) is 19.9. The molecule has 0 rings (SSSR count). The number of carbonyl (C=O) groups is 2. The van der Waals surface area contributed by atoms with Gasteiger partial charge < -0.3 is 20.9 Å². The van der Waals surface area contributed by atoms with Crippen LogP contribution in [0.5, 0.6) is 0 Å². The zero-order chi connectivity index (χ0) is 16.1. The Morgan fingerprint density at radius 3 is 2.52 bits per heavy atom. The molecule has 0 spiro atoms. The van der Waals surface area contributed by atoms with Gasteiger partial charge in [-0.2, -0.15) is 0 Å².